The van der Waals surface area contributed by atoms with E-state index in [1.807, 2.05) is 4.72 Å². The van der Waals surface area contributed by atoms with Gasteiger partial charge in [0.15, 0.2) is 0 Å². The van der Waals surface area contributed by atoms with Crippen molar-refractivity contribution in [2.45, 2.75) is 4.90 Å². The number of phenols is 1. The predicted octanol–water partition coefficient (Wildman–Crippen LogP) is 0.789. The molecule has 0 aliphatic carbocycles. The maximum atomic E-state index is 12.0. The molecule has 2 aromatic rings. The minimum Gasteiger partial charge on any atom is -0.506 e. The van der Waals surface area contributed by atoms with Gasteiger partial charge in [-0.05, 0) is 12.1 Å². The summed E-state index contributed by atoms with van der Waals surface area (Å²) in [5.41, 5.74) is -1.20. The molecule has 10 heteroatoms. The Morgan fingerprint density at radius 2 is 1.95 bits per heavy atom. The number of anilines is 1. The molecule has 0 radical (unpaired) electrons. The average molecular weight is 311 g/mol. The van der Waals surface area contributed by atoms with Gasteiger partial charge in [-0.25, -0.2) is 8.42 Å². The fourth-order valence-electron chi connectivity index (χ4n) is 1.49. The molecule has 1 aromatic carbocycles. The van der Waals surface area contributed by atoms with Gasteiger partial charge in [0.1, 0.15) is 10.6 Å². The molecule has 2 rings (SSSR count). The molecule has 9 nitrogen and oxygen atoms in total. The van der Waals surface area contributed by atoms with Crippen LogP contribution in [0.25, 0.3) is 0 Å². The number of aromatic amines is 1. The second-order valence-electron chi connectivity index (χ2n) is 3.95. The van der Waals surface area contributed by atoms with E-state index < -0.39 is 26.3 Å². The third-order valence-corrected chi connectivity index (χ3v) is 3.86. The number of nitro benzene ring substituents is 1. The lowest BCUT2D eigenvalue weighted by Crippen LogP contribution is -2.15. The summed E-state index contributed by atoms with van der Waals surface area (Å²) >= 11 is 0. The number of hydrogen-bond donors (Lipinski definition) is 3. The number of aromatic hydroxyl groups is 1. The maximum Gasteiger partial charge on any atom is 0.271 e. The van der Waals surface area contributed by atoms with Crippen molar-refractivity contribution in [2.24, 2.45) is 0 Å². The Balaban J connectivity index is 2.41. The zero-order chi connectivity index (χ0) is 15.6. The molecule has 0 bridgehead atoms. The normalized spacial score (nSPS) is 11.0. The van der Waals surface area contributed by atoms with Crippen molar-refractivity contribution >= 4 is 21.4 Å². The van der Waals surface area contributed by atoms with Gasteiger partial charge in [0, 0.05) is 24.4 Å². The molecule has 0 aliphatic heterocycles. The van der Waals surface area contributed by atoms with Gasteiger partial charge < -0.3 is 10.1 Å². The van der Waals surface area contributed by atoms with Crippen LogP contribution in [0, 0.1) is 10.1 Å². The van der Waals surface area contributed by atoms with Crippen LogP contribution in [0.3, 0.4) is 0 Å². The van der Waals surface area contributed by atoms with E-state index >= 15 is 0 Å². The first-order valence-corrected chi connectivity index (χ1v) is 6.97. The highest BCUT2D eigenvalue weighted by Gasteiger charge is 2.18. The van der Waals surface area contributed by atoms with Crippen molar-refractivity contribution in [3.63, 3.8) is 0 Å². The molecule has 1 aromatic heterocycles. The van der Waals surface area contributed by atoms with Gasteiger partial charge in [-0.15, -0.1) is 0 Å². The van der Waals surface area contributed by atoms with Gasteiger partial charge in [-0.1, -0.05) is 0 Å². The SMILES string of the molecule is O=c1ccc(S(=O)(=O)Nc2cc([N+](=O)[O-])ccc2O)c[nH]1. The lowest BCUT2D eigenvalue weighted by Gasteiger charge is -2.09. The Kier molecular flexibility index (Phi) is 3.63. The second kappa shape index (κ2) is 5.25. The molecule has 1 heterocycles. The van der Waals surface area contributed by atoms with Gasteiger partial charge in [-0.2, -0.15) is 0 Å². The number of sulfonamides is 1. The van der Waals surface area contributed by atoms with E-state index in [2.05, 4.69) is 4.98 Å². The molecule has 0 saturated carbocycles. The molecule has 0 saturated heterocycles. The van der Waals surface area contributed by atoms with Crippen LogP contribution in [0.15, 0.2) is 46.2 Å². The van der Waals surface area contributed by atoms with Gasteiger partial charge in [0.05, 0.1) is 10.6 Å². The van der Waals surface area contributed by atoms with Crippen molar-refractivity contribution in [3.8, 4) is 5.75 Å². The second-order valence-corrected chi connectivity index (χ2v) is 5.64. The summed E-state index contributed by atoms with van der Waals surface area (Å²) in [4.78, 5) is 22.7. The molecule has 0 unspecified atom stereocenters. The standard InChI is InChI=1S/C11H9N3O6S/c15-10-3-1-7(14(17)18)5-9(10)13-21(19,20)8-2-4-11(16)12-6-8/h1-6,13,15H,(H,12,16). The van der Waals surface area contributed by atoms with E-state index in [0.29, 0.717) is 0 Å². The fourth-order valence-corrected chi connectivity index (χ4v) is 2.52. The van der Waals surface area contributed by atoms with E-state index in [9.17, 15) is 28.4 Å². The van der Waals surface area contributed by atoms with Gasteiger partial charge in [0.2, 0.25) is 5.56 Å². The van der Waals surface area contributed by atoms with Crippen LogP contribution in [-0.2, 0) is 10.0 Å². The summed E-state index contributed by atoms with van der Waals surface area (Å²) in [6.45, 7) is 0. The van der Waals surface area contributed by atoms with Crippen LogP contribution < -0.4 is 10.3 Å². The summed E-state index contributed by atoms with van der Waals surface area (Å²) < 4.78 is 26.1. The quantitative estimate of drug-likeness (QED) is 0.433. The molecule has 0 atom stereocenters. The first-order valence-electron chi connectivity index (χ1n) is 5.48. The molecule has 21 heavy (non-hydrogen) atoms. The summed E-state index contributed by atoms with van der Waals surface area (Å²) in [7, 11) is -4.10. The average Bonchev–Trinajstić information content (AvgIpc) is 2.41. The summed E-state index contributed by atoms with van der Waals surface area (Å²) in [5.74, 6) is -0.464. The van der Waals surface area contributed by atoms with Crippen LogP contribution >= 0.6 is 0 Å². The number of nitro groups is 1. The monoisotopic (exact) mass is 311 g/mol. The number of pyridine rings is 1. The molecular weight excluding hydrogens is 302 g/mol. The highest BCUT2D eigenvalue weighted by Crippen LogP contribution is 2.29. The summed E-state index contributed by atoms with van der Waals surface area (Å²) in [5, 5.41) is 20.2. The highest BCUT2D eigenvalue weighted by atomic mass is 32.2. The van der Waals surface area contributed by atoms with Crippen molar-refractivity contribution in [1.82, 2.24) is 4.98 Å². The van der Waals surface area contributed by atoms with Crippen molar-refractivity contribution in [1.29, 1.82) is 0 Å². The fraction of sp³-hybridized carbons (Fsp3) is 0. The molecule has 0 amide bonds. The van der Waals surface area contributed by atoms with Crippen molar-refractivity contribution < 1.29 is 18.4 Å². The third kappa shape index (κ3) is 3.17. The van der Waals surface area contributed by atoms with Crippen LogP contribution in [0.4, 0.5) is 11.4 Å². The lowest BCUT2D eigenvalue weighted by molar-refractivity contribution is -0.384. The minimum atomic E-state index is -4.10. The smallest absolute Gasteiger partial charge is 0.271 e. The molecule has 0 fully saturated rings. The number of benzene rings is 1. The minimum absolute atomic E-state index is 0.256. The Bertz CT molecular complexity index is 838. The van der Waals surface area contributed by atoms with Gasteiger partial charge >= 0.3 is 0 Å². The zero-order valence-corrected chi connectivity index (χ0v) is 11.1. The van der Waals surface area contributed by atoms with Crippen LogP contribution in [0.2, 0.25) is 0 Å². The Morgan fingerprint density at radius 1 is 1.24 bits per heavy atom. The van der Waals surface area contributed by atoms with Crippen molar-refractivity contribution in [3.05, 3.63) is 57.0 Å². The number of nitrogens with zero attached hydrogens (tertiary/aromatic N) is 1. The number of H-pyrrole nitrogens is 1. The van der Waals surface area contributed by atoms with Crippen LogP contribution in [0.1, 0.15) is 0 Å². The van der Waals surface area contributed by atoms with Crippen LogP contribution in [-0.4, -0.2) is 23.4 Å². The predicted molar refractivity (Wildman–Crippen MR) is 72.6 cm³/mol. The topological polar surface area (TPSA) is 142 Å². The summed E-state index contributed by atoms with van der Waals surface area (Å²) in [6, 6.07) is 5.01. The first-order chi connectivity index (χ1) is 9.79. The number of nitrogens with one attached hydrogen (secondary N) is 2. The molecule has 0 spiro atoms. The first kappa shape index (κ1) is 14.5. The Morgan fingerprint density at radius 3 is 2.52 bits per heavy atom. The molecular formula is C11H9N3O6S. The van der Waals surface area contributed by atoms with E-state index in [1.165, 1.54) is 0 Å². The molecule has 3 N–H and O–H groups in total. The number of rotatable bonds is 4. The highest BCUT2D eigenvalue weighted by molar-refractivity contribution is 7.92. The number of phenolic OH excluding ortho intramolecular Hbond substituents is 1. The zero-order valence-electron chi connectivity index (χ0n) is 10.3. The van der Waals surface area contributed by atoms with E-state index in [1.54, 1.807) is 0 Å². The van der Waals surface area contributed by atoms with Gasteiger partial charge in [-0.3, -0.25) is 19.6 Å². The summed E-state index contributed by atoms with van der Waals surface area (Å²) in [6.07, 6.45) is 0.971. The number of aromatic nitrogens is 1. The Hall–Kier alpha value is -2.88. The van der Waals surface area contributed by atoms with E-state index in [4.69, 9.17) is 0 Å². The Labute approximate surface area is 118 Å². The third-order valence-electron chi connectivity index (χ3n) is 2.50. The van der Waals surface area contributed by atoms with E-state index in [0.717, 1.165) is 36.5 Å². The lowest BCUT2D eigenvalue weighted by atomic mass is 10.2. The molecule has 0 aliphatic rings. The number of hydrogen-bond acceptors (Lipinski definition) is 6. The maximum absolute atomic E-state index is 12.0. The largest absolute Gasteiger partial charge is 0.506 e. The van der Waals surface area contributed by atoms with E-state index in [-0.39, 0.29) is 16.3 Å². The van der Waals surface area contributed by atoms with Gasteiger partial charge in [0.25, 0.3) is 15.7 Å². The molecule has 110 valence electrons. The van der Waals surface area contributed by atoms with Crippen LogP contribution in [0.5, 0.6) is 5.75 Å². The number of non-ortho nitro benzene ring substituents is 1. The van der Waals surface area contributed by atoms with Crippen molar-refractivity contribution in [2.75, 3.05) is 4.72 Å².